The van der Waals surface area contributed by atoms with Crippen LogP contribution in [0.15, 0.2) is 60.7 Å². The molecule has 35 heavy (non-hydrogen) atoms. The van der Waals surface area contributed by atoms with Gasteiger partial charge >= 0.3 is 0 Å². The first kappa shape index (κ1) is 25.0. The van der Waals surface area contributed by atoms with Crippen LogP contribution in [0.2, 0.25) is 0 Å². The summed E-state index contributed by atoms with van der Waals surface area (Å²) < 4.78 is 64.4. The Morgan fingerprint density at radius 1 is 0.743 bits per heavy atom. The van der Waals surface area contributed by atoms with E-state index in [-0.39, 0.29) is 22.8 Å². The molecule has 0 amide bonds. The molecule has 1 saturated carbocycles. The fourth-order valence-corrected chi connectivity index (χ4v) is 4.90. The highest BCUT2D eigenvalue weighted by molar-refractivity contribution is 5.72. The summed E-state index contributed by atoms with van der Waals surface area (Å²) in [6.07, 6.45) is 8.54. The van der Waals surface area contributed by atoms with Gasteiger partial charge < -0.3 is 4.74 Å². The molecule has 5 heteroatoms. The zero-order valence-electron chi connectivity index (χ0n) is 20.1. The van der Waals surface area contributed by atoms with Crippen LogP contribution in [-0.2, 0) is 0 Å². The Labute approximate surface area is 204 Å². The molecule has 0 bridgehead atoms. The molecule has 0 N–H and O–H groups in total. The molecular formula is C30H30F4O. The lowest BCUT2D eigenvalue weighted by atomic mass is 9.78. The molecule has 1 aliphatic rings. The van der Waals surface area contributed by atoms with Crippen molar-refractivity contribution in [3.05, 3.63) is 89.5 Å². The average Bonchev–Trinajstić information content (AvgIpc) is 2.88. The van der Waals surface area contributed by atoms with E-state index in [1.807, 2.05) is 19.9 Å². The molecule has 184 valence electrons. The molecule has 3 aromatic carbocycles. The molecule has 0 radical (unpaired) electrons. The number of hydrogen-bond acceptors (Lipinski definition) is 1. The molecule has 0 unspecified atom stereocenters. The highest BCUT2D eigenvalue weighted by Crippen LogP contribution is 2.39. The zero-order chi connectivity index (χ0) is 24.9. The summed E-state index contributed by atoms with van der Waals surface area (Å²) in [5.41, 5.74) is 1.56. The maximum atomic E-state index is 15.1. The number of ether oxygens (including phenoxy) is 1. The Morgan fingerprint density at radius 3 is 1.89 bits per heavy atom. The molecule has 1 fully saturated rings. The Hall–Kier alpha value is -3.08. The fourth-order valence-electron chi connectivity index (χ4n) is 4.90. The lowest BCUT2D eigenvalue weighted by Gasteiger charge is -2.27. The van der Waals surface area contributed by atoms with E-state index in [2.05, 4.69) is 6.08 Å². The Bertz CT molecular complexity index is 1190. The van der Waals surface area contributed by atoms with E-state index >= 15 is 8.78 Å². The van der Waals surface area contributed by atoms with E-state index < -0.39 is 23.3 Å². The predicted octanol–water partition coefficient (Wildman–Crippen LogP) is 9.22. The molecule has 3 aromatic rings. The summed E-state index contributed by atoms with van der Waals surface area (Å²) in [4.78, 5) is 0. The molecule has 1 nitrogen and oxygen atoms in total. The van der Waals surface area contributed by atoms with Gasteiger partial charge in [0.25, 0.3) is 0 Å². The van der Waals surface area contributed by atoms with Crippen molar-refractivity contribution in [2.24, 2.45) is 5.92 Å². The molecule has 0 aliphatic heterocycles. The molecule has 1 aliphatic carbocycles. The van der Waals surface area contributed by atoms with Crippen molar-refractivity contribution >= 4 is 0 Å². The molecule has 4 rings (SSSR count). The van der Waals surface area contributed by atoms with E-state index in [9.17, 15) is 8.78 Å². The highest BCUT2D eigenvalue weighted by atomic mass is 19.2. The standard InChI is InChI=1S/C30H30F4O/c1-3-5-19-6-8-20(9-7-19)23-14-15-24(28(32)27(23)31)21-10-12-22(13-11-21)25-16-17-26(35-18-4-2)30(34)29(25)33/h3,5,10-17,19-20H,4,6-9,18H2,1-2H3/b5-3+. The van der Waals surface area contributed by atoms with Crippen LogP contribution >= 0.6 is 0 Å². The number of rotatable bonds is 7. The van der Waals surface area contributed by atoms with Crippen LogP contribution in [0.3, 0.4) is 0 Å². The summed E-state index contributed by atoms with van der Waals surface area (Å²) in [5.74, 6) is -3.31. The van der Waals surface area contributed by atoms with Crippen LogP contribution in [0.1, 0.15) is 57.4 Å². The minimum absolute atomic E-state index is 0.0181. The van der Waals surface area contributed by atoms with Crippen molar-refractivity contribution in [3.8, 4) is 28.0 Å². The van der Waals surface area contributed by atoms with Crippen LogP contribution in [0.5, 0.6) is 5.75 Å². The van der Waals surface area contributed by atoms with Gasteiger partial charge in [-0.1, -0.05) is 55.5 Å². The molecule has 0 spiro atoms. The van der Waals surface area contributed by atoms with Crippen molar-refractivity contribution < 1.29 is 22.3 Å². The third-order valence-corrected chi connectivity index (χ3v) is 6.80. The Balaban J connectivity index is 1.55. The molecule has 0 atom stereocenters. The zero-order valence-corrected chi connectivity index (χ0v) is 20.1. The third kappa shape index (κ3) is 5.29. The first-order chi connectivity index (χ1) is 16.9. The van der Waals surface area contributed by atoms with Crippen LogP contribution < -0.4 is 4.74 Å². The molecular weight excluding hydrogens is 452 g/mol. The summed E-state index contributed by atoms with van der Waals surface area (Å²) in [6, 6.07) is 12.5. The molecule has 0 saturated heterocycles. The molecule has 0 heterocycles. The molecule has 0 aromatic heterocycles. The monoisotopic (exact) mass is 482 g/mol. The first-order valence-electron chi connectivity index (χ1n) is 12.3. The van der Waals surface area contributed by atoms with Gasteiger partial charge in [-0.15, -0.1) is 0 Å². The topological polar surface area (TPSA) is 9.23 Å². The fraction of sp³-hybridized carbons (Fsp3) is 0.333. The second kappa shape index (κ2) is 11.1. The summed E-state index contributed by atoms with van der Waals surface area (Å²) in [5, 5.41) is 0. The minimum atomic E-state index is -1.04. The van der Waals surface area contributed by atoms with Gasteiger partial charge in [0.2, 0.25) is 5.82 Å². The number of halogens is 4. The van der Waals surface area contributed by atoms with E-state index in [4.69, 9.17) is 4.74 Å². The van der Waals surface area contributed by atoms with E-state index in [1.165, 1.54) is 12.1 Å². The van der Waals surface area contributed by atoms with Crippen LogP contribution in [-0.4, -0.2) is 6.61 Å². The number of allylic oxidation sites excluding steroid dienone is 2. The van der Waals surface area contributed by atoms with E-state index in [1.54, 1.807) is 36.4 Å². The number of hydrogen-bond donors (Lipinski definition) is 0. The van der Waals surface area contributed by atoms with Gasteiger partial charge in [-0.25, -0.2) is 13.2 Å². The first-order valence-corrected chi connectivity index (χ1v) is 12.3. The second-order valence-corrected chi connectivity index (χ2v) is 9.13. The summed E-state index contributed by atoms with van der Waals surface area (Å²) in [7, 11) is 0. The SMILES string of the molecule is C/C=C/C1CCC(c2ccc(-c3ccc(-c4ccc(OCCC)c(F)c4F)cc3)c(F)c2F)CC1. The minimum Gasteiger partial charge on any atom is -0.490 e. The van der Waals surface area contributed by atoms with Gasteiger partial charge in [0.1, 0.15) is 0 Å². The Kier molecular flexibility index (Phi) is 7.94. The summed E-state index contributed by atoms with van der Waals surface area (Å²) in [6.45, 7) is 4.17. The van der Waals surface area contributed by atoms with Crippen LogP contribution in [0.4, 0.5) is 17.6 Å². The Morgan fingerprint density at radius 2 is 1.31 bits per heavy atom. The maximum absolute atomic E-state index is 15.1. The lowest BCUT2D eigenvalue weighted by molar-refractivity contribution is 0.295. The van der Waals surface area contributed by atoms with Crippen molar-refractivity contribution in [2.75, 3.05) is 6.61 Å². The van der Waals surface area contributed by atoms with Crippen molar-refractivity contribution in [1.82, 2.24) is 0 Å². The predicted molar refractivity (Wildman–Crippen MR) is 132 cm³/mol. The van der Waals surface area contributed by atoms with Crippen molar-refractivity contribution in [2.45, 2.75) is 51.9 Å². The second-order valence-electron chi connectivity index (χ2n) is 9.13. The third-order valence-electron chi connectivity index (χ3n) is 6.80. The maximum Gasteiger partial charge on any atom is 0.201 e. The van der Waals surface area contributed by atoms with Gasteiger partial charge in [-0.2, -0.15) is 4.39 Å². The van der Waals surface area contributed by atoms with Gasteiger partial charge in [0.15, 0.2) is 23.2 Å². The van der Waals surface area contributed by atoms with Gasteiger partial charge in [-0.3, -0.25) is 0 Å². The van der Waals surface area contributed by atoms with E-state index in [0.717, 1.165) is 25.7 Å². The highest BCUT2D eigenvalue weighted by Gasteiger charge is 2.26. The largest absolute Gasteiger partial charge is 0.490 e. The van der Waals surface area contributed by atoms with Gasteiger partial charge in [0.05, 0.1) is 6.61 Å². The van der Waals surface area contributed by atoms with Crippen LogP contribution in [0, 0.1) is 29.2 Å². The smallest absolute Gasteiger partial charge is 0.201 e. The quantitative estimate of drug-likeness (QED) is 0.241. The van der Waals surface area contributed by atoms with Crippen LogP contribution in [0.25, 0.3) is 22.3 Å². The van der Waals surface area contributed by atoms with Crippen molar-refractivity contribution in [1.29, 1.82) is 0 Å². The lowest BCUT2D eigenvalue weighted by Crippen LogP contribution is -2.13. The summed E-state index contributed by atoms with van der Waals surface area (Å²) >= 11 is 0. The number of benzene rings is 3. The average molecular weight is 483 g/mol. The van der Waals surface area contributed by atoms with Gasteiger partial charge in [-0.05, 0) is 79.7 Å². The van der Waals surface area contributed by atoms with Gasteiger partial charge in [0, 0.05) is 11.1 Å². The van der Waals surface area contributed by atoms with E-state index in [0.29, 0.717) is 35.6 Å². The normalized spacial score (nSPS) is 18.2. The van der Waals surface area contributed by atoms with Crippen molar-refractivity contribution in [3.63, 3.8) is 0 Å².